The molecule has 0 saturated heterocycles. The summed E-state index contributed by atoms with van der Waals surface area (Å²) < 4.78 is 8.75. The number of imidazole rings is 1. The second-order valence-corrected chi connectivity index (χ2v) is 5.77. The number of hydrogen-bond donors (Lipinski definition) is 1. The molecule has 2 N–H and O–H groups in total. The van der Waals surface area contributed by atoms with Crippen LogP contribution in [0.4, 0.5) is 0 Å². The number of ether oxygens (including phenoxy) is 1. The first-order chi connectivity index (χ1) is 9.28. The van der Waals surface area contributed by atoms with Gasteiger partial charge in [-0.05, 0) is 22.0 Å². The summed E-state index contributed by atoms with van der Waals surface area (Å²) in [7, 11) is 0. The van der Waals surface area contributed by atoms with Gasteiger partial charge in [-0.3, -0.25) is 4.40 Å². The predicted octanol–water partition coefficient (Wildman–Crippen LogP) is 3.20. The van der Waals surface area contributed by atoms with Crippen LogP contribution in [0.2, 0.25) is 0 Å². The third kappa shape index (κ3) is 2.51. The van der Waals surface area contributed by atoms with Gasteiger partial charge in [0.1, 0.15) is 12.4 Å². The summed E-state index contributed by atoms with van der Waals surface area (Å²) in [4.78, 5) is 5.46. The molecule has 3 aromatic rings. The molecule has 1 aromatic carbocycles. The zero-order chi connectivity index (χ0) is 13.2. The highest BCUT2D eigenvalue weighted by atomic mass is 79.9. The molecule has 0 bridgehead atoms. The minimum absolute atomic E-state index is 0.435. The Balaban J connectivity index is 1.80. The highest BCUT2D eigenvalue weighted by molar-refractivity contribution is 9.10. The van der Waals surface area contributed by atoms with E-state index in [2.05, 4.69) is 20.9 Å². The first-order valence-corrected chi connectivity index (χ1v) is 7.46. The van der Waals surface area contributed by atoms with E-state index in [0.717, 1.165) is 26.4 Å². The molecular formula is C13H12BrN3OS. The van der Waals surface area contributed by atoms with Gasteiger partial charge in [-0.15, -0.1) is 11.3 Å². The molecule has 0 atom stereocenters. The number of nitrogens with zero attached hydrogens (tertiary/aromatic N) is 2. The second kappa shape index (κ2) is 5.32. The first-order valence-electron chi connectivity index (χ1n) is 5.79. The van der Waals surface area contributed by atoms with Crippen LogP contribution in [0, 0.1) is 0 Å². The zero-order valence-corrected chi connectivity index (χ0v) is 12.4. The monoisotopic (exact) mass is 337 g/mol. The molecule has 0 aliphatic rings. The lowest BCUT2D eigenvalue weighted by atomic mass is 10.2. The van der Waals surface area contributed by atoms with E-state index < -0.39 is 0 Å². The Morgan fingerprint density at radius 2 is 2.32 bits per heavy atom. The molecular weight excluding hydrogens is 326 g/mol. The van der Waals surface area contributed by atoms with Crippen LogP contribution >= 0.6 is 27.3 Å². The van der Waals surface area contributed by atoms with Gasteiger partial charge in [-0.25, -0.2) is 4.98 Å². The summed E-state index contributed by atoms with van der Waals surface area (Å²) in [6.07, 6.45) is 3.96. The number of hydrogen-bond acceptors (Lipinski definition) is 4. The van der Waals surface area contributed by atoms with Crippen molar-refractivity contribution in [2.75, 3.05) is 0 Å². The van der Waals surface area contributed by atoms with Crippen LogP contribution in [0.15, 0.2) is 40.4 Å². The van der Waals surface area contributed by atoms with Crippen molar-refractivity contribution in [1.29, 1.82) is 0 Å². The number of benzene rings is 1. The van der Waals surface area contributed by atoms with Gasteiger partial charge in [0.25, 0.3) is 0 Å². The van der Waals surface area contributed by atoms with Crippen molar-refractivity contribution < 1.29 is 4.74 Å². The largest absolute Gasteiger partial charge is 0.486 e. The van der Waals surface area contributed by atoms with Crippen molar-refractivity contribution in [1.82, 2.24) is 9.38 Å². The molecule has 0 amide bonds. The summed E-state index contributed by atoms with van der Waals surface area (Å²) in [6, 6.07) is 5.86. The molecule has 4 nitrogen and oxygen atoms in total. The van der Waals surface area contributed by atoms with E-state index in [1.807, 2.05) is 40.4 Å². The number of nitrogens with two attached hydrogens (primary N) is 1. The number of thiazole rings is 1. The average Bonchev–Trinajstić information content (AvgIpc) is 2.97. The van der Waals surface area contributed by atoms with Gasteiger partial charge in [0.05, 0.1) is 10.2 Å². The van der Waals surface area contributed by atoms with E-state index in [-0.39, 0.29) is 0 Å². The molecule has 19 heavy (non-hydrogen) atoms. The van der Waals surface area contributed by atoms with E-state index in [1.54, 1.807) is 11.3 Å². The van der Waals surface area contributed by atoms with Crippen LogP contribution in [-0.4, -0.2) is 9.38 Å². The van der Waals surface area contributed by atoms with Gasteiger partial charge < -0.3 is 10.5 Å². The molecule has 0 aliphatic carbocycles. The van der Waals surface area contributed by atoms with E-state index >= 15 is 0 Å². The molecule has 0 unspecified atom stereocenters. The molecule has 0 saturated carbocycles. The maximum Gasteiger partial charge on any atom is 0.193 e. The number of rotatable bonds is 4. The van der Waals surface area contributed by atoms with Crippen molar-refractivity contribution >= 4 is 32.2 Å². The van der Waals surface area contributed by atoms with Gasteiger partial charge in [0, 0.05) is 29.9 Å². The molecule has 0 spiro atoms. The first kappa shape index (κ1) is 12.7. The molecule has 0 fully saturated rings. The average molecular weight is 338 g/mol. The lowest BCUT2D eigenvalue weighted by molar-refractivity contribution is 0.297. The Morgan fingerprint density at radius 1 is 1.42 bits per heavy atom. The Morgan fingerprint density at radius 3 is 3.11 bits per heavy atom. The summed E-state index contributed by atoms with van der Waals surface area (Å²) in [5, 5.41) is 2.01. The third-order valence-corrected chi connectivity index (χ3v) is 4.17. The number of halogens is 1. The van der Waals surface area contributed by atoms with Gasteiger partial charge in [0.15, 0.2) is 4.96 Å². The molecule has 2 aromatic heterocycles. The number of fused-ring (bicyclic) bond motifs is 1. The lowest BCUT2D eigenvalue weighted by Crippen LogP contribution is -2.03. The molecule has 6 heteroatoms. The van der Waals surface area contributed by atoms with Crippen LogP contribution in [0.25, 0.3) is 4.96 Å². The Hall–Kier alpha value is -1.37. The van der Waals surface area contributed by atoms with Crippen LogP contribution in [0.5, 0.6) is 5.75 Å². The second-order valence-electron chi connectivity index (χ2n) is 4.05. The highest BCUT2D eigenvalue weighted by Crippen LogP contribution is 2.29. The number of aromatic nitrogens is 2. The van der Waals surface area contributed by atoms with Crippen molar-refractivity contribution in [2.24, 2.45) is 5.73 Å². The van der Waals surface area contributed by atoms with Crippen LogP contribution < -0.4 is 10.5 Å². The van der Waals surface area contributed by atoms with Crippen molar-refractivity contribution in [3.05, 3.63) is 51.7 Å². The maximum atomic E-state index is 5.85. The Labute approximate surface area is 123 Å². The lowest BCUT2D eigenvalue weighted by Gasteiger charge is -2.11. The minimum Gasteiger partial charge on any atom is -0.486 e. The predicted molar refractivity (Wildman–Crippen MR) is 79.4 cm³/mol. The van der Waals surface area contributed by atoms with Gasteiger partial charge in [-0.2, -0.15) is 0 Å². The zero-order valence-electron chi connectivity index (χ0n) is 10.0. The topological polar surface area (TPSA) is 52.5 Å². The van der Waals surface area contributed by atoms with Crippen LogP contribution in [0.1, 0.15) is 11.3 Å². The smallest absolute Gasteiger partial charge is 0.193 e. The van der Waals surface area contributed by atoms with Gasteiger partial charge in [-0.1, -0.05) is 12.1 Å². The molecule has 3 rings (SSSR count). The minimum atomic E-state index is 0.435. The maximum absolute atomic E-state index is 5.85. The molecule has 0 radical (unpaired) electrons. The quantitative estimate of drug-likeness (QED) is 0.795. The van der Waals surface area contributed by atoms with Crippen LogP contribution in [0.3, 0.4) is 0 Å². The van der Waals surface area contributed by atoms with Crippen molar-refractivity contribution in [3.63, 3.8) is 0 Å². The Bertz CT molecular complexity index is 678. The summed E-state index contributed by atoms with van der Waals surface area (Å²) in [6.45, 7) is 0.886. The number of para-hydroxylation sites is 1. The van der Waals surface area contributed by atoms with E-state index in [1.165, 1.54) is 0 Å². The van der Waals surface area contributed by atoms with E-state index in [0.29, 0.717) is 13.2 Å². The van der Waals surface area contributed by atoms with Crippen LogP contribution in [-0.2, 0) is 13.2 Å². The van der Waals surface area contributed by atoms with Crippen molar-refractivity contribution in [3.8, 4) is 5.75 Å². The highest BCUT2D eigenvalue weighted by Gasteiger charge is 2.09. The van der Waals surface area contributed by atoms with E-state index in [4.69, 9.17) is 10.5 Å². The third-order valence-electron chi connectivity index (χ3n) is 2.78. The SMILES string of the molecule is NCc1cccc(Br)c1OCc1cn2ccsc2n1. The fraction of sp³-hybridized carbons (Fsp3) is 0.154. The normalized spacial score (nSPS) is 11.1. The summed E-state index contributed by atoms with van der Waals surface area (Å²) in [5.74, 6) is 0.793. The summed E-state index contributed by atoms with van der Waals surface area (Å²) in [5.41, 5.74) is 7.60. The Kier molecular flexibility index (Phi) is 3.54. The molecule has 0 aliphatic heterocycles. The van der Waals surface area contributed by atoms with Crippen molar-refractivity contribution in [2.45, 2.75) is 13.2 Å². The molecule has 2 heterocycles. The fourth-order valence-corrected chi connectivity index (χ4v) is 3.11. The fourth-order valence-electron chi connectivity index (χ4n) is 1.87. The molecule has 98 valence electrons. The summed E-state index contributed by atoms with van der Waals surface area (Å²) >= 11 is 5.09. The van der Waals surface area contributed by atoms with Gasteiger partial charge in [0.2, 0.25) is 0 Å². The van der Waals surface area contributed by atoms with E-state index in [9.17, 15) is 0 Å². The van der Waals surface area contributed by atoms with Gasteiger partial charge >= 0.3 is 0 Å². The standard InChI is InChI=1S/C13H12BrN3OS/c14-11-3-1-2-9(6-15)12(11)18-8-10-7-17-4-5-19-13(17)16-10/h1-5,7H,6,8,15H2.